The molecule has 2 N–H and O–H groups in total. The highest BCUT2D eigenvalue weighted by molar-refractivity contribution is 5.98. The molecule has 1 amide bonds. The third kappa shape index (κ3) is 3.96. The number of aryl methyl sites for hydroxylation is 2. The van der Waals surface area contributed by atoms with E-state index < -0.39 is 0 Å². The molecule has 146 valence electrons. The van der Waals surface area contributed by atoms with Crippen molar-refractivity contribution in [1.29, 1.82) is 0 Å². The van der Waals surface area contributed by atoms with Crippen molar-refractivity contribution in [3.05, 3.63) is 75.6 Å². The molecule has 6 heteroatoms. The number of amides is 1. The van der Waals surface area contributed by atoms with Gasteiger partial charge >= 0.3 is 5.63 Å². The first-order valence-corrected chi connectivity index (χ1v) is 9.18. The molecule has 0 aliphatic carbocycles. The summed E-state index contributed by atoms with van der Waals surface area (Å²) in [7, 11) is 0. The molecule has 1 saturated heterocycles. The number of anilines is 1. The number of carbonyl (C=O) groups is 1. The van der Waals surface area contributed by atoms with Crippen molar-refractivity contribution in [3.63, 3.8) is 0 Å². The summed E-state index contributed by atoms with van der Waals surface area (Å²) in [6, 6.07) is 15.3. The van der Waals surface area contributed by atoms with Gasteiger partial charge in [-0.25, -0.2) is 4.79 Å². The van der Waals surface area contributed by atoms with Gasteiger partial charge in [-0.3, -0.25) is 10.1 Å². The lowest BCUT2D eigenvalue weighted by atomic mass is 10.1. The third-order valence-electron chi connectivity index (χ3n) is 5.22. The van der Waals surface area contributed by atoms with E-state index in [0.29, 0.717) is 5.58 Å². The smallest absolute Gasteiger partial charge is 0.336 e. The Morgan fingerprint density at radius 1 is 1.07 bits per heavy atom. The number of carbonyl (C=O) groups excluding carboxylic acids is 1. The fourth-order valence-electron chi connectivity index (χ4n) is 3.72. The van der Waals surface area contributed by atoms with Crippen LogP contribution >= 0.6 is 12.4 Å². The zero-order chi connectivity index (χ0) is 19.0. The van der Waals surface area contributed by atoms with Crippen LogP contribution in [0.5, 0.6) is 0 Å². The van der Waals surface area contributed by atoms with Crippen LogP contribution in [0.25, 0.3) is 11.0 Å². The van der Waals surface area contributed by atoms with Crippen molar-refractivity contribution in [2.45, 2.75) is 38.8 Å². The maximum atomic E-state index is 12.8. The second-order valence-electron chi connectivity index (χ2n) is 7.16. The van der Waals surface area contributed by atoms with E-state index in [2.05, 4.69) is 22.8 Å². The van der Waals surface area contributed by atoms with E-state index in [-0.39, 0.29) is 36.0 Å². The fraction of sp³-hybridized carbons (Fsp3) is 0.273. The van der Waals surface area contributed by atoms with Crippen LogP contribution in [-0.4, -0.2) is 11.9 Å². The highest BCUT2D eigenvalue weighted by Gasteiger charge is 2.30. The first-order valence-electron chi connectivity index (χ1n) is 9.18. The van der Waals surface area contributed by atoms with Crippen LogP contribution in [0.3, 0.4) is 0 Å². The molecule has 28 heavy (non-hydrogen) atoms. The van der Waals surface area contributed by atoms with Gasteiger partial charge in [0, 0.05) is 23.2 Å². The average Bonchev–Trinajstić information content (AvgIpc) is 3.14. The minimum atomic E-state index is -0.363. The normalized spacial score (nSPS) is 18.6. The van der Waals surface area contributed by atoms with E-state index in [9.17, 15) is 9.59 Å². The van der Waals surface area contributed by atoms with E-state index >= 15 is 0 Å². The second-order valence-corrected chi connectivity index (χ2v) is 7.16. The van der Waals surface area contributed by atoms with Crippen molar-refractivity contribution in [3.8, 4) is 0 Å². The molecule has 0 saturated carbocycles. The number of nitrogens with one attached hydrogen (secondary N) is 2. The van der Waals surface area contributed by atoms with Gasteiger partial charge in [0.2, 0.25) is 5.91 Å². The topological polar surface area (TPSA) is 71.3 Å². The van der Waals surface area contributed by atoms with Gasteiger partial charge in [-0.15, -0.1) is 12.4 Å². The quantitative estimate of drug-likeness (QED) is 0.646. The van der Waals surface area contributed by atoms with Crippen LogP contribution in [-0.2, 0) is 4.79 Å². The second kappa shape index (κ2) is 8.17. The van der Waals surface area contributed by atoms with E-state index in [1.54, 1.807) is 6.07 Å². The lowest BCUT2D eigenvalue weighted by Crippen LogP contribution is -2.36. The number of fused-ring (bicyclic) bond motifs is 1. The summed E-state index contributed by atoms with van der Waals surface area (Å²) in [4.78, 5) is 24.3. The Bertz CT molecular complexity index is 1060. The first kappa shape index (κ1) is 20.1. The van der Waals surface area contributed by atoms with Crippen molar-refractivity contribution in [2.24, 2.45) is 0 Å². The van der Waals surface area contributed by atoms with Crippen molar-refractivity contribution in [2.75, 3.05) is 5.32 Å². The number of benzene rings is 2. The minimum absolute atomic E-state index is 0. The Labute approximate surface area is 169 Å². The minimum Gasteiger partial charge on any atom is -0.423 e. The maximum Gasteiger partial charge on any atom is 0.336 e. The van der Waals surface area contributed by atoms with Gasteiger partial charge in [0.25, 0.3) is 0 Å². The van der Waals surface area contributed by atoms with Gasteiger partial charge < -0.3 is 9.73 Å². The van der Waals surface area contributed by atoms with Crippen LogP contribution in [0.4, 0.5) is 5.69 Å². The van der Waals surface area contributed by atoms with E-state index in [1.165, 1.54) is 11.6 Å². The lowest BCUT2D eigenvalue weighted by molar-refractivity contribution is -0.117. The highest BCUT2D eigenvalue weighted by Crippen LogP contribution is 2.28. The van der Waals surface area contributed by atoms with Crippen LogP contribution in [0.1, 0.15) is 35.6 Å². The van der Waals surface area contributed by atoms with Crippen molar-refractivity contribution < 1.29 is 9.21 Å². The SMILES string of the molecule is Cc1cc2oc(=O)cc(C)c2cc1NC(=O)[C@H]1CC[C@H](c2ccccc2)N1.Cl. The zero-order valence-electron chi connectivity index (χ0n) is 15.8. The Kier molecular flexibility index (Phi) is 5.87. The summed E-state index contributed by atoms with van der Waals surface area (Å²) in [5.74, 6) is -0.0362. The monoisotopic (exact) mass is 398 g/mol. The molecule has 5 nitrogen and oxygen atoms in total. The number of hydrogen-bond donors (Lipinski definition) is 2. The molecule has 0 bridgehead atoms. The Hall–Kier alpha value is -2.63. The molecule has 1 aromatic heterocycles. The van der Waals surface area contributed by atoms with E-state index in [0.717, 1.165) is 35.0 Å². The molecule has 3 aromatic rings. The average molecular weight is 399 g/mol. The van der Waals surface area contributed by atoms with Crippen LogP contribution in [0.2, 0.25) is 0 Å². The molecule has 0 unspecified atom stereocenters. The highest BCUT2D eigenvalue weighted by atomic mass is 35.5. The van der Waals surface area contributed by atoms with E-state index in [4.69, 9.17) is 4.42 Å². The summed E-state index contributed by atoms with van der Waals surface area (Å²) in [6.45, 7) is 3.76. The summed E-state index contributed by atoms with van der Waals surface area (Å²) in [6.07, 6.45) is 1.73. The van der Waals surface area contributed by atoms with E-state index in [1.807, 2.05) is 38.1 Å². The lowest BCUT2D eigenvalue weighted by Gasteiger charge is -2.16. The fourth-order valence-corrected chi connectivity index (χ4v) is 3.72. The third-order valence-corrected chi connectivity index (χ3v) is 5.22. The number of hydrogen-bond acceptors (Lipinski definition) is 4. The van der Waals surface area contributed by atoms with Gasteiger partial charge in [0.05, 0.1) is 6.04 Å². The van der Waals surface area contributed by atoms with Gasteiger partial charge in [0.1, 0.15) is 5.58 Å². The number of halogens is 1. The van der Waals surface area contributed by atoms with Crippen LogP contribution in [0, 0.1) is 13.8 Å². The maximum absolute atomic E-state index is 12.8. The molecule has 1 aliphatic heterocycles. The van der Waals surface area contributed by atoms with Crippen molar-refractivity contribution >= 4 is 35.0 Å². The van der Waals surface area contributed by atoms with Gasteiger partial charge in [-0.05, 0) is 55.5 Å². The summed E-state index contributed by atoms with van der Waals surface area (Å²) < 4.78 is 5.27. The predicted molar refractivity (Wildman–Crippen MR) is 113 cm³/mol. The molecule has 2 atom stereocenters. The summed E-state index contributed by atoms with van der Waals surface area (Å²) in [5.41, 5.74) is 3.83. The molecule has 1 fully saturated rings. The first-order chi connectivity index (χ1) is 13.0. The largest absolute Gasteiger partial charge is 0.423 e. The standard InChI is InChI=1S/C22H22N2O3.ClH/c1-13-11-21(25)27-20-10-14(2)19(12-16(13)20)24-22(26)18-9-8-17(23-18)15-6-4-3-5-7-15;/h3-7,10-12,17-18,23H,8-9H2,1-2H3,(H,24,26);1H/t17-,18-;/m1./s1. The molecule has 4 rings (SSSR count). The number of rotatable bonds is 3. The molecular formula is C22H23ClN2O3. The van der Waals surface area contributed by atoms with Gasteiger partial charge in [-0.2, -0.15) is 0 Å². The molecule has 1 aliphatic rings. The molecule has 0 radical (unpaired) electrons. The van der Waals surface area contributed by atoms with Gasteiger partial charge in [0.15, 0.2) is 0 Å². The molecule has 2 aromatic carbocycles. The summed E-state index contributed by atoms with van der Waals surface area (Å²) in [5, 5.41) is 7.30. The Morgan fingerprint density at radius 2 is 1.82 bits per heavy atom. The van der Waals surface area contributed by atoms with Crippen molar-refractivity contribution in [1.82, 2.24) is 5.32 Å². The Balaban J connectivity index is 0.00000225. The Morgan fingerprint density at radius 3 is 2.57 bits per heavy atom. The molecule has 2 heterocycles. The summed E-state index contributed by atoms with van der Waals surface area (Å²) >= 11 is 0. The van der Waals surface area contributed by atoms with Crippen LogP contribution < -0.4 is 16.3 Å². The molecular weight excluding hydrogens is 376 g/mol. The predicted octanol–water partition coefficient (Wildman–Crippen LogP) is 4.26. The zero-order valence-corrected chi connectivity index (χ0v) is 16.6. The molecule has 0 spiro atoms. The van der Waals surface area contributed by atoms with Crippen LogP contribution in [0.15, 0.2) is 57.7 Å². The van der Waals surface area contributed by atoms with Gasteiger partial charge in [-0.1, -0.05) is 30.3 Å².